The normalized spacial score (nSPS) is 10.4. The van der Waals surface area contributed by atoms with Crippen LogP contribution in [-0.4, -0.2) is 17.9 Å². The topological polar surface area (TPSA) is 33.2 Å². The van der Waals surface area contributed by atoms with Crippen molar-refractivity contribution in [3.63, 3.8) is 0 Å². The third kappa shape index (κ3) is 3.11. The molecule has 2 rings (SSSR count). The van der Waals surface area contributed by atoms with Crippen LogP contribution in [0, 0.1) is 0 Å². The molecule has 2 aromatic rings. The van der Waals surface area contributed by atoms with Gasteiger partial charge in [-0.2, -0.15) is 0 Å². The molecule has 0 aliphatic heterocycles. The molecular weight excluding hydrogens is 295 g/mol. The Labute approximate surface area is 128 Å². The van der Waals surface area contributed by atoms with Gasteiger partial charge in [0.1, 0.15) is 10.3 Å². The van der Waals surface area contributed by atoms with Gasteiger partial charge in [0.15, 0.2) is 0 Å². The molecule has 0 aliphatic carbocycles. The molecule has 20 heavy (non-hydrogen) atoms. The molecule has 0 bridgehead atoms. The molecule has 1 heterocycles. The highest BCUT2D eigenvalue weighted by Crippen LogP contribution is 2.21. The van der Waals surface area contributed by atoms with Gasteiger partial charge < -0.3 is 4.90 Å². The number of pyridine rings is 1. The van der Waals surface area contributed by atoms with E-state index >= 15 is 0 Å². The lowest BCUT2D eigenvalue weighted by Crippen LogP contribution is -2.26. The van der Waals surface area contributed by atoms with Gasteiger partial charge in [0.05, 0.1) is 5.56 Å². The smallest absolute Gasteiger partial charge is 0.261 e. The number of carbonyl (C=O) groups excluding carboxylic acids is 1. The highest BCUT2D eigenvalue weighted by molar-refractivity contribution is 6.35. The zero-order valence-corrected chi connectivity index (χ0v) is 12.7. The minimum Gasteiger partial charge on any atom is -0.311 e. The maximum Gasteiger partial charge on any atom is 0.261 e. The van der Waals surface area contributed by atoms with Gasteiger partial charge in [-0.1, -0.05) is 42.3 Å². The summed E-state index contributed by atoms with van der Waals surface area (Å²) in [6.07, 6.45) is 0.963. The van der Waals surface area contributed by atoms with Crippen LogP contribution in [0.5, 0.6) is 0 Å². The van der Waals surface area contributed by atoms with E-state index in [9.17, 15) is 4.79 Å². The minimum atomic E-state index is -0.219. The first kappa shape index (κ1) is 14.8. The van der Waals surface area contributed by atoms with Crippen LogP contribution in [-0.2, 0) is 6.42 Å². The number of rotatable bonds is 3. The van der Waals surface area contributed by atoms with Crippen molar-refractivity contribution < 1.29 is 4.79 Å². The van der Waals surface area contributed by atoms with Gasteiger partial charge in [0, 0.05) is 12.7 Å². The second-order valence-electron chi connectivity index (χ2n) is 4.36. The van der Waals surface area contributed by atoms with E-state index in [-0.39, 0.29) is 16.2 Å². The van der Waals surface area contributed by atoms with Crippen molar-refractivity contribution in [3.8, 4) is 0 Å². The Kier molecular flexibility index (Phi) is 4.63. The van der Waals surface area contributed by atoms with Gasteiger partial charge in [-0.25, -0.2) is 4.98 Å². The first-order chi connectivity index (χ1) is 9.52. The molecule has 0 spiro atoms. The Hall–Kier alpha value is -1.58. The molecule has 5 heteroatoms. The quantitative estimate of drug-likeness (QED) is 0.795. The van der Waals surface area contributed by atoms with Crippen LogP contribution in [0.4, 0.5) is 5.69 Å². The number of hydrogen-bond acceptors (Lipinski definition) is 2. The molecular formula is C15H14Cl2N2O. The maximum atomic E-state index is 12.4. The van der Waals surface area contributed by atoms with E-state index < -0.39 is 0 Å². The fourth-order valence-corrected chi connectivity index (χ4v) is 2.25. The van der Waals surface area contributed by atoms with Crippen molar-refractivity contribution in [2.24, 2.45) is 0 Å². The summed E-state index contributed by atoms with van der Waals surface area (Å²) in [6.45, 7) is 2.09. The van der Waals surface area contributed by atoms with Gasteiger partial charge in [-0.3, -0.25) is 4.79 Å². The predicted octanol–water partition coefficient (Wildman–Crippen LogP) is 4.23. The molecule has 0 fully saturated rings. The number of anilines is 1. The van der Waals surface area contributed by atoms with Crippen molar-refractivity contribution in [1.82, 2.24) is 4.98 Å². The van der Waals surface area contributed by atoms with Crippen LogP contribution in [0.2, 0.25) is 10.3 Å². The van der Waals surface area contributed by atoms with Crippen LogP contribution >= 0.6 is 23.2 Å². The molecule has 0 unspecified atom stereocenters. The van der Waals surface area contributed by atoms with Crippen LogP contribution in [0.15, 0.2) is 36.4 Å². The molecule has 0 atom stereocenters. The van der Waals surface area contributed by atoms with Gasteiger partial charge in [-0.15, -0.1) is 0 Å². The molecule has 1 aromatic heterocycles. The van der Waals surface area contributed by atoms with Crippen molar-refractivity contribution >= 4 is 34.8 Å². The van der Waals surface area contributed by atoms with Gasteiger partial charge in [-0.05, 0) is 36.2 Å². The molecule has 0 radical (unpaired) electrons. The Bertz CT molecular complexity index is 626. The van der Waals surface area contributed by atoms with E-state index in [4.69, 9.17) is 23.2 Å². The number of nitrogens with zero attached hydrogens (tertiary/aromatic N) is 2. The fraction of sp³-hybridized carbons (Fsp3) is 0.200. The second kappa shape index (κ2) is 6.25. The highest BCUT2D eigenvalue weighted by atomic mass is 35.5. The zero-order chi connectivity index (χ0) is 14.7. The lowest BCUT2D eigenvalue weighted by molar-refractivity contribution is 0.0993. The average molecular weight is 309 g/mol. The van der Waals surface area contributed by atoms with Crippen LogP contribution < -0.4 is 4.90 Å². The minimum absolute atomic E-state index is 0.111. The third-order valence-corrected chi connectivity index (χ3v) is 3.58. The molecule has 3 nitrogen and oxygen atoms in total. The Morgan fingerprint density at radius 3 is 2.35 bits per heavy atom. The van der Waals surface area contributed by atoms with E-state index in [0.717, 1.165) is 12.1 Å². The number of aryl methyl sites for hydroxylation is 1. The first-order valence-electron chi connectivity index (χ1n) is 6.22. The summed E-state index contributed by atoms with van der Waals surface area (Å²) in [5.74, 6) is -0.219. The molecule has 1 amide bonds. The first-order valence-corrected chi connectivity index (χ1v) is 6.97. The van der Waals surface area contributed by atoms with E-state index in [1.807, 2.05) is 24.3 Å². The van der Waals surface area contributed by atoms with E-state index in [1.54, 1.807) is 19.2 Å². The molecule has 0 saturated heterocycles. The SMILES string of the molecule is CCc1ccc(N(C)C(=O)c2ccc(Cl)nc2Cl)cc1. The summed E-state index contributed by atoms with van der Waals surface area (Å²) >= 11 is 11.7. The Morgan fingerprint density at radius 1 is 1.15 bits per heavy atom. The van der Waals surface area contributed by atoms with Crippen molar-refractivity contribution in [2.45, 2.75) is 13.3 Å². The summed E-state index contributed by atoms with van der Waals surface area (Å²) in [7, 11) is 1.70. The summed E-state index contributed by atoms with van der Waals surface area (Å²) in [5, 5.41) is 0.376. The molecule has 1 aromatic carbocycles. The molecule has 0 N–H and O–H groups in total. The average Bonchev–Trinajstić information content (AvgIpc) is 2.46. The zero-order valence-electron chi connectivity index (χ0n) is 11.2. The molecule has 104 valence electrons. The van der Waals surface area contributed by atoms with Gasteiger partial charge >= 0.3 is 0 Å². The van der Waals surface area contributed by atoms with Crippen LogP contribution in [0.25, 0.3) is 0 Å². The van der Waals surface area contributed by atoms with Crippen molar-refractivity contribution in [1.29, 1.82) is 0 Å². The second-order valence-corrected chi connectivity index (χ2v) is 5.10. The summed E-state index contributed by atoms with van der Waals surface area (Å²) in [6, 6.07) is 11.0. The highest BCUT2D eigenvalue weighted by Gasteiger charge is 2.17. The molecule has 0 saturated carbocycles. The Morgan fingerprint density at radius 2 is 1.80 bits per heavy atom. The van der Waals surface area contributed by atoms with E-state index in [0.29, 0.717) is 5.56 Å². The summed E-state index contributed by atoms with van der Waals surface area (Å²) in [4.78, 5) is 17.8. The number of halogens is 2. The largest absolute Gasteiger partial charge is 0.311 e. The van der Waals surface area contributed by atoms with Crippen LogP contribution in [0.1, 0.15) is 22.8 Å². The number of hydrogen-bond donors (Lipinski definition) is 0. The number of amides is 1. The van der Waals surface area contributed by atoms with E-state index in [2.05, 4.69) is 11.9 Å². The fourth-order valence-electron chi connectivity index (χ4n) is 1.82. The van der Waals surface area contributed by atoms with Crippen molar-refractivity contribution in [3.05, 3.63) is 57.8 Å². The monoisotopic (exact) mass is 308 g/mol. The number of benzene rings is 1. The standard InChI is InChI=1S/C15H14Cl2N2O/c1-3-10-4-6-11(7-5-10)19(2)15(20)12-8-9-13(16)18-14(12)17/h4-9H,3H2,1-2H3. The Balaban J connectivity index is 2.27. The summed E-state index contributed by atoms with van der Waals surface area (Å²) < 4.78 is 0. The molecule has 0 aliphatic rings. The summed E-state index contributed by atoms with van der Waals surface area (Å²) in [5.41, 5.74) is 2.36. The maximum absolute atomic E-state index is 12.4. The van der Waals surface area contributed by atoms with Gasteiger partial charge in [0.2, 0.25) is 0 Å². The van der Waals surface area contributed by atoms with Crippen LogP contribution in [0.3, 0.4) is 0 Å². The lowest BCUT2D eigenvalue weighted by Gasteiger charge is -2.18. The predicted molar refractivity (Wildman–Crippen MR) is 82.8 cm³/mol. The lowest BCUT2D eigenvalue weighted by atomic mass is 10.1. The number of aromatic nitrogens is 1. The van der Waals surface area contributed by atoms with E-state index in [1.165, 1.54) is 10.5 Å². The number of carbonyl (C=O) groups is 1. The third-order valence-electron chi connectivity index (χ3n) is 3.08. The van der Waals surface area contributed by atoms with Crippen molar-refractivity contribution in [2.75, 3.05) is 11.9 Å². The van der Waals surface area contributed by atoms with Gasteiger partial charge in [0.25, 0.3) is 5.91 Å².